The number of nitrogens with one attached hydrogen (secondary N) is 2. The second-order valence-corrected chi connectivity index (χ2v) is 12.4. The first-order valence-corrected chi connectivity index (χ1v) is 15.6. The number of carboxylic acids is 2. The molecule has 4 atom stereocenters. The zero-order valence-corrected chi connectivity index (χ0v) is 27.2. The third-order valence-corrected chi connectivity index (χ3v) is 9.70. The van der Waals surface area contributed by atoms with E-state index in [-0.39, 0.29) is 53.9 Å². The Balaban J connectivity index is 2.03. The molecule has 3 aromatic rings. The number of fused-ring (bicyclic) bond motifs is 8. The molecule has 2 aliphatic heterocycles. The number of H-pyrrole nitrogens is 2. The molecule has 11 heteroatoms. The number of aromatic amines is 2. The maximum Gasteiger partial charge on any atom is 0.338 e. The molecule has 5 heterocycles. The van der Waals surface area contributed by atoms with Gasteiger partial charge in [-0.15, -0.1) is 0 Å². The fourth-order valence-electron chi connectivity index (χ4n) is 7.11. The standard InChI is InChI=1S/C35H40N4O7/c1-8-20-15(2)23-14-28-31(19(6)40)17(4)25(37-28)12-24-16(3)21(9-10-29(41)42)33(38-24)22(11-30(43)46-7)34-32(35(44)45)18(5)26(39-34)13-27(20)36-23/h12-16,20-21,37,39H,8-11H2,1-7H3,(H,41,42)(H,44,45)/t15-,16+,20-,21+/m1/s1. The minimum atomic E-state index is -1.17. The number of aliphatic carboxylic acids is 1. The minimum Gasteiger partial charge on any atom is -0.481 e. The second kappa shape index (κ2) is 12.5. The number of aromatic nitrogens is 4. The van der Waals surface area contributed by atoms with E-state index in [1.165, 1.54) is 14.0 Å². The fourth-order valence-corrected chi connectivity index (χ4v) is 7.11. The molecule has 5 rings (SSSR count). The van der Waals surface area contributed by atoms with Crippen LogP contribution >= 0.6 is 0 Å². The third kappa shape index (κ3) is 5.70. The van der Waals surface area contributed by atoms with Crippen LogP contribution in [0.1, 0.15) is 131 Å². The number of carbonyl (C=O) groups is 4. The first-order valence-electron chi connectivity index (χ1n) is 15.6. The van der Waals surface area contributed by atoms with E-state index in [1.54, 1.807) is 6.92 Å². The third-order valence-electron chi connectivity index (χ3n) is 9.70. The van der Waals surface area contributed by atoms with Gasteiger partial charge in [0.15, 0.2) is 5.78 Å². The molecule has 0 saturated heterocycles. The highest BCUT2D eigenvalue weighted by atomic mass is 16.5. The molecule has 8 bridgehead atoms. The predicted octanol–water partition coefficient (Wildman–Crippen LogP) is 6.60. The number of aryl methyl sites for hydroxylation is 2. The molecule has 0 saturated carbocycles. The Labute approximate surface area is 266 Å². The van der Waals surface area contributed by atoms with Crippen molar-refractivity contribution in [3.63, 3.8) is 0 Å². The number of nitrogens with zero attached hydrogens (tertiary/aromatic N) is 2. The molecule has 0 unspecified atom stereocenters. The lowest BCUT2D eigenvalue weighted by molar-refractivity contribution is -0.140. The minimum absolute atomic E-state index is 0.00484. The normalized spacial score (nSPS) is 19.2. The summed E-state index contributed by atoms with van der Waals surface area (Å²) < 4.78 is 5.03. The molecule has 0 radical (unpaired) electrons. The summed E-state index contributed by atoms with van der Waals surface area (Å²) >= 11 is 0. The van der Waals surface area contributed by atoms with Crippen LogP contribution in [0.4, 0.5) is 0 Å². The fraction of sp³-hybridized carbons (Fsp3) is 0.429. The van der Waals surface area contributed by atoms with Gasteiger partial charge in [0.05, 0.1) is 35.8 Å². The molecule has 0 aliphatic carbocycles. The Kier molecular flexibility index (Phi) is 8.88. The molecule has 242 valence electrons. The van der Waals surface area contributed by atoms with Crippen molar-refractivity contribution >= 4 is 45.8 Å². The number of carboxylic acid groups (broad SMARTS) is 2. The van der Waals surface area contributed by atoms with Gasteiger partial charge in [-0.2, -0.15) is 0 Å². The molecule has 0 amide bonds. The first-order chi connectivity index (χ1) is 21.8. The number of carbonyl (C=O) groups excluding carboxylic acids is 2. The topological polar surface area (TPSA) is 175 Å². The number of Topliss-reactive ketones (excluding diaryl/α,β-unsaturated/α-hetero) is 1. The molecule has 11 nitrogen and oxygen atoms in total. The van der Waals surface area contributed by atoms with Gasteiger partial charge in [-0.05, 0) is 62.9 Å². The predicted molar refractivity (Wildman–Crippen MR) is 173 cm³/mol. The van der Waals surface area contributed by atoms with E-state index in [2.05, 4.69) is 23.8 Å². The van der Waals surface area contributed by atoms with Crippen LogP contribution in [0.5, 0.6) is 0 Å². The molecular weight excluding hydrogens is 588 g/mol. The smallest absolute Gasteiger partial charge is 0.338 e. The molecule has 0 aromatic carbocycles. The second-order valence-electron chi connectivity index (χ2n) is 12.4. The van der Waals surface area contributed by atoms with E-state index >= 15 is 0 Å². The van der Waals surface area contributed by atoms with E-state index < -0.39 is 23.8 Å². The van der Waals surface area contributed by atoms with Crippen molar-refractivity contribution in [3.8, 4) is 0 Å². The maximum atomic E-state index is 12.9. The summed E-state index contributed by atoms with van der Waals surface area (Å²) in [5, 5.41) is 20.0. The summed E-state index contributed by atoms with van der Waals surface area (Å²) in [5.41, 5.74) is 6.86. The highest BCUT2D eigenvalue weighted by molar-refractivity contribution is 6.05. The molecule has 46 heavy (non-hydrogen) atoms. The van der Waals surface area contributed by atoms with Crippen LogP contribution in [0.3, 0.4) is 0 Å². The van der Waals surface area contributed by atoms with Crippen molar-refractivity contribution < 1.29 is 34.1 Å². The van der Waals surface area contributed by atoms with Crippen LogP contribution in [0.15, 0.2) is 18.2 Å². The monoisotopic (exact) mass is 628 g/mol. The Morgan fingerprint density at radius 3 is 2.04 bits per heavy atom. The lowest BCUT2D eigenvalue weighted by Crippen LogP contribution is -2.12. The number of ketones is 1. The van der Waals surface area contributed by atoms with Crippen LogP contribution < -0.4 is 0 Å². The average Bonchev–Trinajstić information content (AvgIpc) is 3.67. The number of aromatic carboxylic acids is 1. The highest BCUT2D eigenvalue weighted by Gasteiger charge is 2.34. The summed E-state index contributed by atoms with van der Waals surface area (Å²) in [7, 11) is 1.26. The van der Waals surface area contributed by atoms with Gasteiger partial charge in [0.1, 0.15) is 0 Å². The number of hydrogen-bond acceptors (Lipinski definition) is 7. The van der Waals surface area contributed by atoms with Gasteiger partial charge in [0.2, 0.25) is 0 Å². The molecule has 0 spiro atoms. The molecule has 0 fully saturated rings. The highest BCUT2D eigenvalue weighted by Crippen LogP contribution is 2.43. The summed E-state index contributed by atoms with van der Waals surface area (Å²) in [6.07, 6.45) is 0.574. The Hall–Kier alpha value is -4.80. The first kappa shape index (κ1) is 32.6. The van der Waals surface area contributed by atoms with Crippen molar-refractivity contribution in [2.75, 3.05) is 7.11 Å². The van der Waals surface area contributed by atoms with E-state index in [9.17, 15) is 29.4 Å². The maximum absolute atomic E-state index is 12.9. The number of rotatable bonds is 8. The average molecular weight is 629 g/mol. The van der Waals surface area contributed by atoms with Crippen LogP contribution in [-0.2, 0) is 20.7 Å². The van der Waals surface area contributed by atoms with Crippen molar-refractivity contribution in [1.29, 1.82) is 0 Å². The number of methoxy groups -OCH3 is 1. The van der Waals surface area contributed by atoms with Gasteiger partial charge in [0.25, 0.3) is 0 Å². The van der Waals surface area contributed by atoms with Crippen LogP contribution in [0, 0.1) is 13.8 Å². The van der Waals surface area contributed by atoms with Crippen LogP contribution in [-0.4, -0.2) is 60.9 Å². The van der Waals surface area contributed by atoms with Gasteiger partial charge < -0.3 is 24.9 Å². The van der Waals surface area contributed by atoms with Gasteiger partial charge in [-0.3, -0.25) is 24.4 Å². The molecule has 4 N–H and O–H groups in total. The van der Waals surface area contributed by atoms with Gasteiger partial charge in [0, 0.05) is 69.3 Å². The van der Waals surface area contributed by atoms with Crippen LogP contribution in [0.25, 0.3) is 22.1 Å². The largest absolute Gasteiger partial charge is 0.481 e. The summed E-state index contributed by atoms with van der Waals surface area (Å²) in [6.45, 7) is 11.2. The van der Waals surface area contributed by atoms with Crippen molar-refractivity contribution in [1.82, 2.24) is 19.9 Å². The number of esters is 1. The quantitative estimate of drug-likeness (QED) is 0.158. The van der Waals surface area contributed by atoms with Crippen molar-refractivity contribution in [2.24, 2.45) is 0 Å². The van der Waals surface area contributed by atoms with Crippen molar-refractivity contribution in [3.05, 3.63) is 68.8 Å². The summed E-state index contributed by atoms with van der Waals surface area (Å²) in [5.74, 6) is -3.49. The summed E-state index contributed by atoms with van der Waals surface area (Å²) in [6, 6.07) is 5.64. The van der Waals surface area contributed by atoms with E-state index in [4.69, 9.17) is 14.7 Å². The zero-order valence-electron chi connectivity index (χ0n) is 27.2. The van der Waals surface area contributed by atoms with Crippen molar-refractivity contribution in [2.45, 2.75) is 90.9 Å². The van der Waals surface area contributed by atoms with Gasteiger partial charge >= 0.3 is 17.9 Å². The van der Waals surface area contributed by atoms with E-state index in [1.807, 2.05) is 32.0 Å². The van der Waals surface area contributed by atoms with E-state index in [0.717, 1.165) is 23.4 Å². The Morgan fingerprint density at radius 2 is 1.43 bits per heavy atom. The zero-order chi connectivity index (χ0) is 33.6. The molecule has 3 aromatic heterocycles. The van der Waals surface area contributed by atoms with Gasteiger partial charge in [-0.25, -0.2) is 4.79 Å². The molecular formula is C35H40N4O7. The summed E-state index contributed by atoms with van der Waals surface area (Å²) in [4.78, 5) is 67.0. The Bertz CT molecular complexity index is 1940. The van der Waals surface area contributed by atoms with Crippen LogP contribution in [0.2, 0.25) is 0 Å². The van der Waals surface area contributed by atoms with E-state index in [0.29, 0.717) is 44.6 Å². The molecule has 2 aliphatic rings. The lowest BCUT2D eigenvalue weighted by atomic mass is 9.85. The number of hydrogen-bond donors (Lipinski definition) is 4. The SMILES string of the molecule is CC[C@H]1c2cc3[nH]c(c(CC(=O)OC)c4nc(cc5[nH]c(cc(n2)[C@@H]1C)c(C(C)=O)c5C)[C@@H](C)[C@@H]4CCC(=O)O)c(C(=O)O)c3C. The lowest BCUT2D eigenvalue weighted by Gasteiger charge is -2.17. The number of ether oxygens (including phenoxy) is 1. The Morgan fingerprint density at radius 1 is 0.848 bits per heavy atom. The van der Waals surface area contributed by atoms with Gasteiger partial charge in [-0.1, -0.05) is 20.8 Å².